The molecule has 1 saturated heterocycles. The minimum Gasteiger partial charge on any atom is -0.392 e. The van der Waals surface area contributed by atoms with Gasteiger partial charge in [-0.15, -0.1) is 0 Å². The second-order valence-corrected chi connectivity index (χ2v) is 4.55. The van der Waals surface area contributed by atoms with Crippen LogP contribution in [0.5, 0.6) is 0 Å². The van der Waals surface area contributed by atoms with Crippen LogP contribution in [0.25, 0.3) is 0 Å². The van der Waals surface area contributed by atoms with E-state index < -0.39 is 0 Å². The highest BCUT2D eigenvalue weighted by Gasteiger charge is 2.14. The van der Waals surface area contributed by atoms with E-state index in [2.05, 4.69) is 5.32 Å². The smallest absolute Gasteiger partial charge is 0.0636 e. The maximum absolute atomic E-state index is 8.96. The van der Waals surface area contributed by atoms with Gasteiger partial charge >= 0.3 is 0 Å². The van der Waals surface area contributed by atoms with Crippen molar-refractivity contribution in [2.45, 2.75) is 31.1 Å². The highest BCUT2D eigenvalue weighted by Crippen LogP contribution is 2.24. The van der Waals surface area contributed by atoms with E-state index in [0.29, 0.717) is 0 Å². The summed E-state index contributed by atoms with van der Waals surface area (Å²) < 4.78 is 0. The summed E-state index contributed by atoms with van der Waals surface area (Å²) in [6, 6.07) is 0. The predicted octanol–water partition coefficient (Wildman–Crippen LogP) is 0.852. The SMILES string of the molecule is C[C@@H](O)CNCC1CCCS1. The number of thioether (sulfide) groups is 1. The number of aliphatic hydroxyl groups excluding tert-OH is 1. The van der Waals surface area contributed by atoms with Crippen molar-refractivity contribution in [1.82, 2.24) is 5.32 Å². The number of nitrogens with one attached hydrogen (secondary N) is 1. The normalized spacial score (nSPS) is 27.3. The van der Waals surface area contributed by atoms with Gasteiger partial charge in [0.1, 0.15) is 0 Å². The summed E-state index contributed by atoms with van der Waals surface area (Å²) in [5, 5.41) is 13.0. The van der Waals surface area contributed by atoms with E-state index in [4.69, 9.17) is 5.11 Å². The minimum absolute atomic E-state index is 0.207. The molecule has 2 nitrogen and oxygen atoms in total. The van der Waals surface area contributed by atoms with E-state index in [9.17, 15) is 0 Å². The maximum atomic E-state index is 8.96. The number of hydrogen-bond donors (Lipinski definition) is 2. The van der Waals surface area contributed by atoms with Gasteiger partial charge in [0.05, 0.1) is 6.10 Å². The number of hydrogen-bond acceptors (Lipinski definition) is 3. The Balaban J connectivity index is 1.94. The summed E-state index contributed by atoms with van der Waals surface area (Å²) in [6.45, 7) is 3.61. The molecule has 1 aliphatic heterocycles. The number of rotatable bonds is 4. The van der Waals surface area contributed by atoms with E-state index in [1.165, 1.54) is 18.6 Å². The van der Waals surface area contributed by atoms with E-state index in [1.807, 2.05) is 18.7 Å². The third kappa shape index (κ3) is 3.99. The molecule has 0 aromatic carbocycles. The Hall–Kier alpha value is 0.270. The molecule has 0 radical (unpaired) electrons. The lowest BCUT2D eigenvalue weighted by atomic mass is 10.2. The first-order chi connectivity index (χ1) is 5.29. The summed E-state index contributed by atoms with van der Waals surface area (Å²) in [5.41, 5.74) is 0. The molecule has 0 spiro atoms. The van der Waals surface area contributed by atoms with Crippen molar-refractivity contribution < 1.29 is 5.11 Å². The molecular formula is C8H17NOS. The van der Waals surface area contributed by atoms with Crippen LogP contribution in [-0.2, 0) is 0 Å². The summed E-state index contributed by atoms with van der Waals surface area (Å²) in [5.74, 6) is 1.32. The van der Waals surface area contributed by atoms with Crippen molar-refractivity contribution in [2.75, 3.05) is 18.8 Å². The van der Waals surface area contributed by atoms with Gasteiger partial charge in [-0.25, -0.2) is 0 Å². The second kappa shape index (κ2) is 5.01. The van der Waals surface area contributed by atoms with Crippen LogP contribution in [0.1, 0.15) is 19.8 Å². The van der Waals surface area contributed by atoms with Gasteiger partial charge in [-0.3, -0.25) is 0 Å². The van der Waals surface area contributed by atoms with E-state index in [-0.39, 0.29) is 6.10 Å². The molecule has 1 rings (SSSR count). The summed E-state index contributed by atoms with van der Waals surface area (Å²) in [6.07, 6.45) is 2.50. The first-order valence-electron chi connectivity index (χ1n) is 4.29. The first kappa shape index (κ1) is 9.36. The van der Waals surface area contributed by atoms with Crippen molar-refractivity contribution in [3.63, 3.8) is 0 Å². The standard InChI is InChI=1S/C8H17NOS/c1-7(10)5-9-6-8-3-2-4-11-8/h7-10H,2-6H2,1H3/t7-,8?/m1/s1. The Morgan fingerprint density at radius 1 is 1.73 bits per heavy atom. The zero-order valence-electron chi connectivity index (χ0n) is 7.05. The second-order valence-electron chi connectivity index (χ2n) is 3.14. The van der Waals surface area contributed by atoms with Gasteiger partial charge in [0.15, 0.2) is 0 Å². The van der Waals surface area contributed by atoms with Gasteiger partial charge in [0.2, 0.25) is 0 Å². The molecule has 1 aliphatic rings. The van der Waals surface area contributed by atoms with Crippen molar-refractivity contribution in [2.24, 2.45) is 0 Å². The molecular weight excluding hydrogens is 158 g/mol. The zero-order valence-corrected chi connectivity index (χ0v) is 7.86. The lowest BCUT2D eigenvalue weighted by molar-refractivity contribution is 0.191. The highest BCUT2D eigenvalue weighted by molar-refractivity contribution is 8.00. The van der Waals surface area contributed by atoms with E-state index in [0.717, 1.165) is 18.3 Å². The Morgan fingerprint density at radius 2 is 2.55 bits per heavy atom. The highest BCUT2D eigenvalue weighted by atomic mass is 32.2. The Kier molecular flexibility index (Phi) is 4.26. The maximum Gasteiger partial charge on any atom is 0.0636 e. The van der Waals surface area contributed by atoms with Crippen LogP contribution in [-0.4, -0.2) is 35.3 Å². The molecule has 0 aromatic rings. The van der Waals surface area contributed by atoms with Crippen LogP contribution in [0, 0.1) is 0 Å². The van der Waals surface area contributed by atoms with Gasteiger partial charge in [-0.1, -0.05) is 0 Å². The van der Waals surface area contributed by atoms with E-state index in [1.54, 1.807) is 0 Å². The summed E-state index contributed by atoms with van der Waals surface area (Å²) >= 11 is 2.05. The van der Waals surface area contributed by atoms with Crippen molar-refractivity contribution in [3.05, 3.63) is 0 Å². The molecule has 66 valence electrons. The van der Waals surface area contributed by atoms with Crippen molar-refractivity contribution >= 4 is 11.8 Å². The Bertz CT molecular complexity index is 102. The molecule has 2 atom stereocenters. The van der Waals surface area contributed by atoms with Crippen molar-refractivity contribution in [1.29, 1.82) is 0 Å². The van der Waals surface area contributed by atoms with Crippen LogP contribution in [0.3, 0.4) is 0 Å². The fraction of sp³-hybridized carbons (Fsp3) is 1.00. The molecule has 0 aromatic heterocycles. The number of aliphatic hydroxyl groups is 1. The molecule has 2 N–H and O–H groups in total. The van der Waals surface area contributed by atoms with Crippen LogP contribution in [0.4, 0.5) is 0 Å². The van der Waals surface area contributed by atoms with Gasteiger partial charge in [0, 0.05) is 18.3 Å². The fourth-order valence-corrected chi connectivity index (χ4v) is 2.49. The lowest BCUT2D eigenvalue weighted by Gasteiger charge is -2.10. The van der Waals surface area contributed by atoms with Crippen LogP contribution in [0.15, 0.2) is 0 Å². The van der Waals surface area contributed by atoms with Gasteiger partial charge in [-0.05, 0) is 25.5 Å². The molecule has 0 saturated carbocycles. The average molecular weight is 175 g/mol. The third-order valence-electron chi connectivity index (χ3n) is 1.84. The van der Waals surface area contributed by atoms with Crippen LogP contribution >= 0.6 is 11.8 Å². The van der Waals surface area contributed by atoms with Gasteiger partial charge in [0.25, 0.3) is 0 Å². The predicted molar refractivity (Wildman–Crippen MR) is 50.0 cm³/mol. The van der Waals surface area contributed by atoms with Gasteiger partial charge in [-0.2, -0.15) is 11.8 Å². The fourth-order valence-electron chi connectivity index (χ4n) is 1.26. The lowest BCUT2D eigenvalue weighted by Crippen LogP contribution is -2.29. The molecule has 3 heteroatoms. The quantitative estimate of drug-likeness (QED) is 0.664. The topological polar surface area (TPSA) is 32.3 Å². The van der Waals surface area contributed by atoms with Crippen LogP contribution in [0.2, 0.25) is 0 Å². The Morgan fingerprint density at radius 3 is 3.09 bits per heavy atom. The van der Waals surface area contributed by atoms with Crippen molar-refractivity contribution in [3.8, 4) is 0 Å². The first-order valence-corrected chi connectivity index (χ1v) is 5.34. The molecule has 1 unspecified atom stereocenters. The third-order valence-corrected chi connectivity index (χ3v) is 3.23. The monoisotopic (exact) mass is 175 g/mol. The largest absolute Gasteiger partial charge is 0.392 e. The average Bonchev–Trinajstić information content (AvgIpc) is 2.39. The van der Waals surface area contributed by atoms with Crippen LogP contribution < -0.4 is 5.32 Å². The molecule has 0 aliphatic carbocycles. The molecule has 1 heterocycles. The Labute approximate surface area is 72.8 Å². The molecule has 1 fully saturated rings. The minimum atomic E-state index is -0.207. The summed E-state index contributed by atoms with van der Waals surface area (Å²) in [7, 11) is 0. The van der Waals surface area contributed by atoms with Gasteiger partial charge < -0.3 is 10.4 Å². The summed E-state index contributed by atoms with van der Waals surface area (Å²) in [4.78, 5) is 0. The van der Waals surface area contributed by atoms with E-state index >= 15 is 0 Å². The molecule has 0 bridgehead atoms. The molecule has 11 heavy (non-hydrogen) atoms. The zero-order chi connectivity index (χ0) is 8.10. The molecule has 0 amide bonds.